The van der Waals surface area contributed by atoms with Crippen LogP contribution in [0.25, 0.3) is 21.7 Å². The summed E-state index contributed by atoms with van der Waals surface area (Å²) in [7, 11) is 3.52. The van der Waals surface area contributed by atoms with E-state index in [2.05, 4.69) is 11.9 Å². The standard InChI is InChI=1S/C25H33N3O4/c1-16(12-17(2)27(6)24(30)32-25(3,4)5)15-31-18-8-9-20-19-10-11-26-14-21(19)23(29)28(7)22(20)13-18/h8-11,13-14,16-17H,12,15H2,1-7H3. The van der Waals surface area contributed by atoms with E-state index in [1.807, 2.05) is 52.0 Å². The number of amides is 1. The third-order valence-corrected chi connectivity index (χ3v) is 5.60. The van der Waals surface area contributed by atoms with Gasteiger partial charge in [0.2, 0.25) is 0 Å². The largest absolute Gasteiger partial charge is 0.493 e. The van der Waals surface area contributed by atoms with Gasteiger partial charge in [0, 0.05) is 44.0 Å². The Morgan fingerprint density at radius 3 is 2.56 bits per heavy atom. The highest BCUT2D eigenvalue weighted by Crippen LogP contribution is 2.26. The summed E-state index contributed by atoms with van der Waals surface area (Å²) in [5.41, 5.74) is 0.222. The van der Waals surface area contributed by atoms with Crippen molar-refractivity contribution in [1.29, 1.82) is 0 Å². The van der Waals surface area contributed by atoms with Crippen molar-refractivity contribution in [3.63, 3.8) is 0 Å². The van der Waals surface area contributed by atoms with Gasteiger partial charge in [0.1, 0.15) is 11.4 Å². The molecule has 2 aromatic heterocycles. The van der Waals surface area contributed by atoms with E-state index in [0.29, 0.717) is 17.7 Å². The SMILES string of the molecule is CC(COc1ccc2c3ccncc3c(=O)n(C)c2c1)CC(C)N(C)C(=O)OC(C)(C)C. The van der Waals surface area contributed by atoms with Crippen molar-refractivity contribution < 1.29 is 14.3 Å². The quantitative estimate of drug-likeness (QED) is 0.518. The maximum atomic E-state index is 12.7. The predicted octanol–water partition coefficient (Wildman–Crippen LogP) is 4.75. The van der Waals surface area contributed by atoms with Gasteiger partial charge < -0.3 is 18.9 Å². The summed E-state index contributed by atoms with van der Waals surface area (Å²) in [6, 6.07) is 7.69. The molecule has 0 N–H and O–H groups in total. The Hall–Kier alpha value is -3.09. The van der Waals surface area contributed by atoms with E-state index in [9.17, 15) is 9.59 Å². The van der Waals surface area contributed by atoms with Crippen LogP contribution in [-0.4, -0.2) is 45.8 Å². The first-order valence-corrected chi connectivity index (χ1v) is 10.9. The summed E-state index contributed by atoms with van der Waals surface area (Å²) >= 11 is 0. The number of aryl methyl sites for hydroxylation is 1. The summed E-state index contributed by atoms with van der Waals surface area (Å²) in [6.07, 6.45) is 3.76. The Labute approximate surface area is 188 Å². The molecule has 3 aromatic rings. The van der Waals surface area contributed by atoms with Crippen LogP contribution in [-0.2, 0) is 11.8 Å². The summed E-state index contributed by atoms with van der Waals surface area (Å²) in [6.45, 7) is 10.2. The number of hydrogen-bond acceptors (Lipinski definition) is 5. The molecule has 0 bridgehead atoms. The molecule has 0 saturated carbocycles. The van der Waals surface area contributed by atoms with Gasteiger partial charge >= 0.3 is 6.09 Å². The molecule has 1 aromatic carbocycles. The lowest BCUT2D eigenvalue weighted by Crippen LogP contribution is -2.40. The van der Waals surface area contributed by atoms with Crippen LogP contribution in [0.4, 0.5) is 4.79 Å². The second kappa shape index (κ2) is 9.18. The van der Waals surface area contributed by atoms with Crippen LogP contribution in [0.2, 0.25) is 0 Å². The van der Waals surface area contributed by atoms with Crippen LogP contribution in [0.1, 0.15) is 41.0 Å². The Morgan fingerprint density at radius 2 is 1.88 bits per heavy atom. The third kappa shape index (κ3) is 5.21. The van der Waals surface area contributed by atoms with E-state index in [4.69, 9.17) is 9.47 Å². The van der Waals surface area contributed by atoms with Crippen LogP contribution in [0, 0.1) is 5.92 Å². The van der Waals surface area contributed by atoms with E-state index in [1.54, 1.807) is 36.0 Å². The highest BCUT2D eigenvalue weighted by atomic mass is 16.6. The molecule has 32 heavy (non-hydrogen) atoms. The second-order valence-electron chi connectivity index (χ2n) is 9.56. The van der Waals surface area contributed by atoms with Crippen molar-refractivity contribution in [2.75, 3.05) is 13.7 Å². The van der Waals surface area contributed by atoms with E-state index >= 15 is 0 Å². The minimum atomic E-state index is -0.516. The molecule has 0 spiro atoms. The second-order valence-corrected chi connectivity index (χ2v) is 9.56. The normalized spacial score (nSPS) is 13.7. The van der Waals surface area contributed by atoms with Crippen molar-refractivity contribution in [2.45, 2.75) is 52.7 Å². The van der Waals surface area contributed by atoms with Crippen LogP contribution in [0.5, 0.6) is 5.75 Å². The molecule has 7 nitrogen and oxygen atoms in total. The molecule has 2 atom stereocenters. The molecular formula is C25H33N3O4. The van der Waals surface area contributed by atoms with Gasteiger partial charge in [-0.25, -0.2) is 4.79 Å². The number of carbonyl (C=O) groups is 1. The van der Waals surface area contributed by atoms with Crippen molar-refractivity contribution >= 4 is 27.8 Å². The lowest BCUT2D eigenvalue weighted by Gasteiger charge is -2.30. The number of aromatic nitrogens is 2. The first kappa shape index (κ1) is 23.6. The molecular weight excluding hydrogens is 406 g/mol. The van der Waals surface area contributed by atoms with E-state index < -0.39 is 5.60 Å². The molecule has 7 heteroatoms. The smallest absolute Gasteiger partial charge is 0.410 e. The van der Waals surface area contributed by atoms with E-state index in [1.165, 1.54) is 0 Å². The number of fused-ring (bicyclic) bond motifs is 3. The maximum Gasteiger partial charge on any atom is 0.410 e. The number of benzene rings is 1. The van der Waals surface area contributed by atoms with Gasteiger partial charge in [0.15, 0.2) is 0 Å². The summed E-state index contributed by atoms with van der Waals surface area (Å²) < 4.78 is 13.1. The molecule has 0 saturated heterocycles. The van der Waals surface area contributed by atoms with Crippen molar-refractivity contribution in [1.82, 2.24) is 14.5 Å². The van der Waals surface area contributed by atoms with Crippen molar-refractivity contribution in [3.8, 4) is 5.75 Å². The Kier molecular flexibility index (Phi) is 6.77. The van der Waals surface area contributed by atoms with E-state index in [-0.39, 0.29) is 23.6 Å². The highest BCUT2D eigenvalue weighted by Gasteiger charge is 2.24. The monoisotopic (exact) mass is 439 g/mol. The van der Waals surface area contributed by atoms with Gasteiger partial charge in [-0.05, 0) is 63.6 Å². The van der Waals surface area contributed by atoms with Gasteiger partial charge in [-0.1, -0.05) is 6.92 Å². The highest BCUT2D eigenvalue weighted by molar-refractivity contribution is 6.05. The maximum absolute atomic E-state index is 12.7. The lowest BCUT2D eigenvalue weighted by atomic mass is 10.0. The predicted molar refractivity (Wildman–Crippen MR) is 127 cm³/mol. The van der Waals surface area contributed by atoms with Gasteiger partial charge in [0.25, 0.3) is 5.56 Å². The lowest BCUT2D eigenvalue weighted by molar-refractivity contribution is 0.0212. The topological polar surface area (TPSA) is 73.7 Å². The first-order chi connectivity index (χ1) is 15.0. The molecule has 0 aliphatic rings. The number of pyridine rings is 2. The minimum Gasteiger partial charge on any atom is -0.493 e. The van der Waals surface area contributed by atoms with E-state index in [0.717, 1.165) is 22.7 Å². The number of rotatable bonds is 6. The average molecular weight is 440 g/mol. The van der Waals surface area contributed by atoms with Gasteiger partial charge in [-0.15, -0.1) is 0 Å². The van der Waals surface area contributed by atoms with Gasteiger partial charge in [-0.3, -0.25) is 9.78 Å². The van der Waals surface area contributed by atoms with Crippen molar-refractivity contribution in [2.24, 2.45) is 13.0 Å². The number of nitrogens with zero attached hydrogens (tertiary/aromatic N) is 3. The zero-order chi connectivity index (χ0) is 23.6. The third-order valence-electron chi connectivity index (χ3n) is 5.60. The summed E-state index contributed by atoms with van der Waals surface area (Å²) in [5.74, 6) is 0.929. The zero-order valence-corrected chi connectivity index (χ0v) is 20.0. The fourth-order valence-corrected chi connectivity index (χ4v) is 3.76. The molecule has 172 valence electrons. The van der Waals surface area contributed by atoms with Gasteiger partial charge in [0.05, 0.1) is 17.5 Å². The van der Waals surface area contributed by atoms with Crippen LogP contribution >= 0.6 is 0 Å². The summed E-state index contributed by atoms with van der Waals surface area (Å²) in [5, 5.41) is 2.47. The number of hydrogen-bond donors (Lipinski definition) is 0. The molecule has 0 aliphatic heterocycles. The molecule has 0 fully saturated rings. The fourth-order valence-electron chi connectivity index (χ4n) is 3.76. The number of ether oxygens (including phenoxy) is 2. The molecule has 2 heterocycles. The molecule has 2 unspecified atom stereocenters. The minimum absolute atomic E-state index is 0.0147. The first-order valence-electron chi connectivity index (χ1n) is 10.9. The van der Waals surface area contributed by atoms with Crippen LogP contribution in [0.15, 0.2) is 41.5 Å². The Balaban J connectivity index is 1.68. The zero-order valence-electron chi connectivity index (χ0n) is 20.0. The van der Waals surface area contributed by atoms with Crippen molar-refractivity contribution in [3.05, 3.63) is 47.0 Å². The summed E-state index contributed by atoms with van der Waals surface area (Å²) in [4.78, 5) is 30.7. The molecule has 3 rings (SSSR count). The Morgan fingerprint density at radius 1 is 1.16 bits per heavy atom. The van der Waals surface area contributed by atoms with Gasteiger partial charge in [-0.2, -0.15) is 0 Å². The van der Waals surface area contributed by atoms with Crippen LogP contribution in [0.3, 0.4) is 0 Å². The Bertz CT molecular complexity index is 1180. The molecule has 0 aliphatic carbocycles. The number of carbonyl (C=O) groups excluding carboxylic acids is 1. The van der Waals surface area contributed by atoms with Crippen LogP contribution < -0.4 is 10.3 Å². The molecule has 1 amide bonds. The average Bonchev–Trinajstić information content (AvgIpc) is 2.74. The fraction of sp³-hybridized carbons (Fsp3) is 0.480. The molecule has 0 radical (unpaired) electrons.